The molecule has 0 bridgehead atoms. The average molecular weight is 413 g/mol. The first-order valence-corrected chi connectivity index (χ1v) is 11.0. The molecule has 20 heavy (non-hydrogen) atoms. The molecule has 0 aliphatic heterocycles. The molecule has 0 atom stereocenters. The van der Waals surface area contributed by atoms with Crippen LogP contribution in [0.4, 0.5) is 0 Å². The van der Waals surface area contributed by atoms with E-state index in [2.05, 4.69) is 44.1 Å². The third kappa shape index (κ3) is 51.5. The molecule has 2 rings (SSSR count). The van der Waals surface area contributed by atoms with Crippen molar-refractivity contribution >= 4 is 31.7 Å². The van der Waals surface area contributed by atoms with Gasteiger partial charge in [0.05, 0.1) is 0 Å². The minimum Gasteiger partial charge on any atom is -0.484 e. The standard InChI is InChI=1S/C5H5.C4H4N.C4H9.2CH3.2ClH.H2Si.Zr/c2*1-2-4-5-3-1;1-4(2)3;;;;;;/h1-3H,4H2;1-3,5H;1-3H3;2*1H3;2*1H;1H2;/q5*-1;;;;. The second kappa shape index (κ2) is 36.6. The zero-order valence-corrected chi connectivity index (χ0v) is 18.7. The third-order valence-corrected chi connectivity index (χ3v) is 1.03. The van der Waals surface area contributed by atoms with Gasteiger partial charge in [-0.25, -0.2) is 12.2 Å². The van der Waals surface area contributed by atoms with Crippen LogP contribution in [-0.4, -0.2) is 11.9 Å². The summed E-state index contributed by atoms with van der Waals surface area (Å²) >= 11 is 1.58. The summed E-state index contributed by atoms with van der Waals surface area (Å²) in [7, 11) is 0. The molecule has 0 spiro atoms. The molecule has 0 saturated carbocycles. The number of hydrogen-bond donors (Lipinski definition) is 1. The molecule has 5 heteroatoms. The maximum absolute atomic E-state index is 2.99. The molecule has 0 unspecified atom stereocenters. The van der Waals surface area contributed by atoms with Gasteiger partial charge in [0.25, 0.3) is 0 Å². The van der Waals surface area contributed by atoms with Crippen LogP contribution < -0.4 is 0 Å². The fourth-order valence-corrected chi connectivity index (χ4v) is 0.581. The molecule has 1 aliphatic rings. The van der Waals surface area contributed by atoms with Crippen LogP contribution in [-0.2, 0) is 23.3 Å². The van der Waals surface area contributed by atoms with Gasteiger partial charge in [0, 0.05) is 0 Å². The Morgan fingerprint density at radius 2 is 1.65 bits per heavy atom. The largest absolute Gasteiger partial charge is 0.484 e. The van der Waals surface area contributed by atoms with Crippen molar-refractivity contribution in [2.24, 2.45) is 0 Å². The van der Waals surface area contributed by atoms with Gasteiger partial charge in [-0.3, -0.25) is 6.08 Å². The molecule has 0 saturated heterocycles. The van der Waals surface area contributed by atoms with Gasteiger partial charge in [0.15, 0.2) is 0 Å². The van der Waals surface area contributed by atoms with Gasteiger partial charge in [-0.2, -0.15) is 45.2 Å². The zero-order chi connectivity index (χ0) is 12.6. The number of hydrogen-bond acceptors (Lipinski definition) is 0. The van der Waals surface area contributed by atoms with Crippen molar-refractivity contribution in [3.8, 4) is 0 Å². The molecule has 120 valence electrons. The summed E-state index contributed by atoms with van der Waals surface area (Å²) < 4.78 is 0. The van der Waals surface area contributed by atoms with Crippen LogP contribution in [0.25, 0.3) is 0 Å². The summed E-state index contributed by atoms with van der Waals surface area (Å²) in [5.41, 5.74) is 0. The first-order valence-electron chi connectivity index (χ1n) is 5.06. The molecule has 1 heterocycles. The van der Waals surface area contributed by atoms with Gasteiger partial charge in [-0.15, -0.1) is 37.4 Å². The van der Waals surface area contributed by atoms with E-state index >= 15 is 0 Å². The van der Waals surface area contributed by atoms with Gasteiger partial charge in [0.1, 0.15) is 0 Å². The topological polar surface area (TPSA) is 15.8 Å². The number of H-pyrrole nitrogens is 1. The number of halogens is 2. The van der Waals surface area contributed by atoms with E-state index in [1.54, 1.807) is 23.3 Å². The van der Waals surface area contributed by atoms with Crippen LogP contribution in [0, 0.1) is 33.0 Å². The van der Waals surface area contributed by atoms with Crippen molar-refractivity contribution in [1.82, 2.24) is 4.98 Å². The van der Waals surface area contributed by atoms with E-state index in [9.17, 15) is 0 Å². The third-order valence-electron chi connectivity index (χ3n) is 1.03. The molecular weight excluding hydrogens is 384 g/mol. The number of allylic oxidation sites excluding steroid dienone is 4. The SMILES string of the molecule is C[C-](C)C.Cl.Cl.[C-]1=CC=CC1.[CH3-].[CH3-].[SiH2]=[Zr].[c-]1ccc[nH]1. The first kappa shape index (κ1) is 37.0. The van der Waals surface area contributed by atoms with Crippen LogP contribution in [0.1, 0.15) is 27.2 Å². The summed E-state index contributed by atoms with van der Waals surface area (Å²) in [6.07, 6.45) is 14.6. The molecule has 1 aliphatic carbocycles. The normalized spacial score (nSPS) is 8.35. The summed E-state index contributed by atoms with van der Waals surface area (Å²) in [6, 6.07) is 3.71. The Hall–Kier alpha value is 0.440. The smallest absolute Gasteiger partial charge is 0.108 e. The second-order valence-corrected chi connectivity index (χ2v) is 3.32. The average Bonchev–Trinajstić information content (AvgIpc) is 2.99. The predicted molar refractivity (Wildman–Crippen MR) is 97.3 cm³/mol. The Morgan fingerprint density at radius 1 is 1.15 bits per heavy atom. The quantitative estimate of drug-likeness (QED) is 0.475. The predicted octanol–water partition coefficient (Wildman–Crippen LogP) is 4.57. The molecule has 1 N–H and O–H groups in total. The van der Waals surface area contributed by atoms with Crippen LogP contribution in [0.2, 0.25) is 0 Å². The van der Waals surface area contributed by atoms with Crippen LogP contribution in [0.15, 0.2) is 36.6 Å². The van der Waals surface area contributed by atoms with E-state index < -0.39 is 0 Å². The number of aromatic amines is 1. The molecule has 1 aromatic rings. The van der Waals surface area contributed by atoms with Crippen molar-refractivity contribution in [2.45, 2.75) is 27.2 Å². The van der Waals surface area contributed by atoms with Gasteiger partial charge >= 0.3 is 30.2 Å². The Labute approximate surface area is 156 Å². The van der Waals surface area contributed by atoms with Crippen LogP contribution in [0.3, 0.4) is 0 Å². The van der Waals surface area contributed by atoms with Crippen LogP contribution in [0.5, 0.6) is 0 Å². The molecule has 0 radical (unpaired) electrons. The summed E-state index contributed by atoms with van der Waals surface area (Å²) in [6.45, 7) is 8.20. The summed E-state index contributed by atoms with van der Waals surface area (Å²) in [4.78, 5) is 2.74. The van der Waals surface area contributed by atoms with Crippen molar-refractivity contribution in [2.75, 3.05) is 0 Å². The first-order chi connectivity index (χ1) is 7.73. The Morgan fingerprint density at radius 3 is 1.75 bits per heavy atom. The maximum Gasteiger partial charge on any atom is -0.108 e. The van der Waals surface area contributed by atoms with E-state index in [0.29, 0.717) is 0 Å². The van der Waals surface area contributed by atoms with E-state index in [1.807, 2.05) is 37.4 Å². The molecule has 0 amide bonds. The van der Waals surface area contributed by atoms with E-state index in [4.69, 9.17) is 0 Å². The fourth-order valence-electron chi connectivity index (χ4n) is 0.581. The minimum atomic E-state index is 0. The molecular formula is C15H28Cl2NSiZr-5. The number of rotatable bonds is 0. The Kier molecular flexibility index (Phi) is 67.8. The van der Waals surface area contributed by atoms with Gasteiger partial charge < -0.3 is 25.8 Å². The minimum absolute atomic E-state index is 0. The number of aromatic nitrogens is 1. The fraction of sp³-hybridized carbons (Fsp3) is 0.267. The van der Waals surface area contributed by atoms with E-state index in [-0.39, 0.29) is 39.7 Å². The van der Waals surface area contributed by atoms with Crippen molar-refractivity contribution in [3.63, 3.8) is 0 Å². The Balaban J connectivity index is -0.0000000318. The van der Waals surface area contributed by atoms with Crippen molar-refractivity contribution in [3.05, 3.63) is 69.6 Å². The monoisotopic (exact) mass is 410 g/mol. The van der Waals surface area contributed by atoms with Crippen molar-refractivity contribution in [1.29, 1.82) is 0 Å². The molecule has 0 aromatic carbocycles. The molecule has 1 nitrogen and oxygen atoms in total. The molecule has 0 fully saturated rings. The zero-order valence-electron chi connectivity index (χ0n) is 13.2. The van der Waals surface area contributed by atoms with Crippen LogP contribution >= 0.6 is 24.8 Å². The second-order valence-electron chi connectivity index (χ2n) is 3.32. The van der Waals surface area contributed by atoms with Gasteiger partial charge in [-0.05, 0) is 0 Å². The van der Waals surface area contributed by atoms with Crippen molar-refractivity contribution < 1.29 is 23.3 Å². The van der Waals surface area contributed by atoms with E-state index in [0.717, 1.165) is 6.42 Å². The molecule has 1 aromatic heterocycles. The Bertz CT molecular complexity index is 233. The van der Waals surface area contributed by atoms with Gasteiger partial charge in [0.2, 0.25) is 0 Å². The summed E-state index contributed by atoms with van der Waals surface area (Å²) in [5, 5.41) is 0. The maximum atomic E-state index is 2.99. The summed E-state index contributed by atoms with van der Waals surface area (Å²) in [5.74, 6) is 1.42. The van der Waals surface area contributed by atoms with Gasteiger partial charge in [-0.1, -0.05) is 0 Å². The van der Waals surface area contributed by atoms with E-state index in [1.165, 1.54) is 5.92 Å². The number of nitrogens with one attached hydrogen (secondary N) is 1.